The summed E-state index contributed by atoms with van der Waals surface area (Å²) in [6.45, 7) is 4.22. The second-order valence-corrected chi connectivity index (χ2v) is 3.68. The standard InChI is InChI=1S/C11H18O2/c1-3-4-5-6-7-10-9(2)8-11(12)13-10/h7,9H,3-6,8H2,1-2H3. The van der Waals surface area contributed by atoms with Gasteiger partial charge < -0.3 is 4.74 Å². The highest BCUT2D eigenvalue weighted by Gasteiger charge is 2.24. The van der Waals surface area contributed by atoms with Gasteiger partial charge in [0.2, 0.25) is 0 Å². The molecule has 0 aromatic rings. The van der Waals surface area contributed by atoms with E-state index in [4.69, 9.17) is 4.74 Å². The SMILES string of the molecule is CCCCCC=C1OC(=O)CC1C. The molecule has 0 radical (unpaired) electrons. The fourth-order valence-corrected chi connectivity index (χ4v) is 1.51. The zero-order valence-corrected chi connectivity index (χ0v) is 8.51. The molecule has 1 aliphatic rings. The Bertz CT molecular complexity index is 206. The molecule has 1 heterocycles. The molecule has 74 valence electrons. The summed E-state index contributed by atoms with van der Waals surface area (Å²) >= 11 is 0. The number of esters is 1. The van der Waals surface area contributed by atoms with E-state index in [1.807, 2.05) is 6.92 Å². The molecule has 1 aliphatic heterocycles. The minimum absolute atomic E-state index is 0.0748. The van der Waals surface area contributed by atoms with Gasteiger partial charge in [0.05, 0.1) is 6.42 Å². The van der Waals surface area contributed by atoms with Crippen LogP contribution in [0.5, 0.6) is 0 Å². The third kappa shape index (κ3) is 3.21. The molecule has 13 heavy (non-hydrogen) atoms. The van der Waals surface area contributed by atoms with Crippen molar-refractivity contribution < 1.29 is 9.53 Å². The van der Waals surface area contributed by atoms with Crippen LogP contribution < -0.4 is 0 Å². The third-order valence-corrected chi connectivity index (χ3v) is 2.34. The van der Waals surface area contributed by atoms with Crippen LogP contribution in [0.25, 0.3) is 0 Å². The van der Waals surface area contributed by atoms with Gasteiger partial charge in [-0.25, -0.2) is 0 Å². The first-order chi connectivity index (χ1) is 6.24. The number of hydrogen-bond donors (Lipinski definition) is 0. The molecule has 0 spiro atoms. The summed E-state index contributed by atoms with van der Waals surface area (Å²) in [4.78, 5) is 10.9. The van der Waals surface area contributed by atoms with E-state index < -0.39 is 0 Å². The Hall–Kier alpha value is -0.790. The van der Waals surface area contributed by atoms with Gasteiger partial charge in [-0.05, 0) is 18.9 Å². The minimum Gasteiger partial charge on any atom is -0.431 e. The summed E-state index contributed by atoms with van der Waals surface area (Å²) in [6, 6.07) is 0. The summed E-state index contributed by atoms with van der Waals surface area (Å²) < 4.78 is 5.08. The maximum absolute atomic E-state index is 10.9. The average Bonchev–Trinajstić information content (AvgIpc) is 2.39. The Kier molecular flexibility index (Phi) is 4.00. The molecule has 0 aromatic heterocycles. The first-order valence-electron chi connectivity index (χ1n) is 5.14. The molecule has 0 N–H and O–H groups in total. The van der Waals surface area contributed by atoms with Crippen LogP contribution in [0.3, 0.4) is 0 Å². The van der Waals surface area contributed by atoms with Crippen molar-refractivity contribution in [1.29, 1.82) is 0 Å². The number of rotatable bonds is 4. The first kappa shape index (κ1) is 10.3. The van der Waals surface area contributed by atoms with Crippen molar-refractivity contribution in [3.05, 3.63) is 11.8 Å². The minimum atomic E-state index is -0.0748. The maximum Gasteiger partial charge on any atom is 0.311 e. The predicted molar refractivity (Wildman–Crippen MR) is 52.1 cm³/mol. The van der Waals surface area contributed by atoms with E-state index in [2.05, 4.69) is 13.0 Å². The number of unbranched alkanes of at least 4 members (excludes halogenated alkanes) is 3. The van der Waals surface area contributed by atoms with Crippen molar-refractivity contribution in [2.45, 2.75) is 46.0 Å². The lowest BCUT2D eigenvalue weighted by molar-refractivity contribution is -0.135. The lowest BCUT2D eigenvalue weighted by Crippen LogP contribution is -1.89. The number of hydrogen-bond acceptors (Lipinski definition) is 2. The van der Waals surface area contributed by atoms with Gasteiger partial charge in [-0.2, -0.15) is 0 Å². The molecule has 1 atom stereocenters. The van der Waals surface area contributed by atoms with Crippen LogP contribution >= 0.6 is 0 Å². The summed E-state index contributed by atoms with van der Waals surface area (Å²) in [5.74, 6) is 1.12. The molecule has 2 nitrogen and oxygen atoms in total. The van der Waals surface area contributed by atoms with E-state index in [-0.39, 0.29) is 5.97 Å². The highest BCUT2D eigenvalue weighted by atomic mass is 16.5. The monoisotopic (exact) mass is 182 g/mol. The second-order valence-electron chi connectivity index (χ2n) is 3.68. The van der Waals surface area contributed by atoms with Gasteiger partial charge in [-0.3, -0.25) is 4.79 Å². The van der Waals surface area contributed by atoms with E-state index >= 15 is 0 Å². The van der Waals surface area contributed by atoms with Gasteiger partial charge >= 0.3 is 5.97 Å². The number of carbonyl (C=O) groups is 1. The highest BCUT2D eigenvalue weighted by molar-refractivity contribution is 5.74. The lowest BCUT2D eigenvalue weighted by atomic mass is 10.1. The molecule has 0 aromatic carbocycles. The summed E-state index contributed by atoms with van der Waals surface area (Å²) in [7, 11) is 0. The van der Waals surface area contributed by atoms with Crippen LogP contribution in [-0.4, -0.2) is 5.97 Å². The quantitative estimate of drug-likeness (QED) is 0.493. The number of carbonyl (C=O) groups excluding carboxylic acids is 1. The van der Waals surface area contributed by atoms with Crippen LogP contribution in [0.15, 0.2) is 11.8 Å². The van der Waals surface area contributed by atoms with Gasteiger partial charge in [-0.15, -0.1) is 0 Å². The number of cyclic esters (lactones) is 1. The zero-order chi connectivity index (χ0) is 9.68. The topological polar surface area (TPSA) is 26.3 Å². The van der Waals surface area contributed by atoms with Crippen LogP contribution in [0.1, 0.15) is 46.0 Å². The maximum atomic E-state index is 10.9. The van der Waals surface area contributed by atoms with Gasteiger partial charge in [0.15, 0.2) is 0 Å². The Morgan fingerprint density at radius 2 is 2.31 bits per heavy atom. The van der Waals surface area contributed by atoms with E-state index in [9.17, 15) is 4.79 Å². The van der Waals surface area contributed by atoms with Gasteiger partial charge in [0, 0.05) is 5.92 Å². The molecular formula is C11H18O2. The normalized spacial score (nSPS) is 25.2. The molecular weight excluding hydrogens is 164 g/mol. The third-order valence-electron chi connectivity index (χ3n) is 2.34. The van der Waals surface area contributed by atoms with E-state index in [0.717, 1.165) is 12.2 Å². The molecule has 1 rings (SSSR count). The van der Waals surface area contributed by atoms with E-state index in [1.165, 1.54) is 19.3 Å². The molecule has 1 saturated heterocycles. The second kappa shape index (κ2) is 5.05. The fourth-order valence-electron chi connectivity index (χ4n) is 1.51. The Labute approximate surface area is 80.0 Å². The smallest absolute Gasteiger partial charge is 0.311 e. The first-order valence-corrected chi connectivity index (χ1v) is 5.14. The van der Waals surface area contributed by atoms with Crippen molar-refractivity contribution in [2.24, 2.45) is 5.92 Å². The molecule has 0 saturated carbocycles. The zero-order valence-electron chi connectivity index (χ0n) is 8.51. The van der Waals surface area contributed by atoms with Crippen LogP contribution in [-0.2, 0) is 9.53 Å². The Balaban J connectivity index is 2.30. The van der Waals surface area contributed by atoms with Crippen molar-refractivity contribution in [2.75, 3.05) is 0 Å². The molecule has 2 heteroatoms. The average molecular weight is 182 g/mol. The van der Waals surface area contributed by atoms with Crippen molar-refractivity contribution >= 4 is 5.97 Å². The predicted octanol–water partition coefficient (Wildman–Crippen LogP) is 3.03. The summed E-state index contributed by atoms with van der Waals surface area (Å²) in [5.41, 5.74) is 0. The lowest BCUT2D eigenvalue weighted by Gasteiger charge is -2.01. The summed E-state index contributed by atoms with van der Waals surface area (Å²) in [5, 5.41) is 0. The van der Waals surface area contributed by atoms with Gasteiger partial charge in [0.1, 0.15) is 5.76 Å². The van der Waals surface area contributed by atoms with Crippen molar-refractivity contribution in [3.8, 4) is 0 Å². The van der Waals surface area contributed by atoms with Gasteiger partial charge in [0.25, 0.3) is 0 Å². The molecule has 0 bridgehead atoms. The van der Waals surface area contributed by atoms with Gasteiger partial charge in [-0.1, -0.05) is 26.7 Å². The van der Waals surface area contributed by atoms with Crippen molar-refractivity contribution in [3.63, 3.8) is 0 Å². The van der Waals surface area contributed by atoms with Crippen LogP contribution in [0, 0.1) is 5.92 Å². The largest absolute Gasteiger partial charge is 0.431 e. The van der Waals surface area contributed by atoms with E-state index in [1.54, 1.807) is 0 Å². The molecule has 1 unspecified atom stereocenters. The summed E-state index contributed by atoms with van der Waals surface area (Å²) in [6.07, 6.45) is 7.36. The number of ether oxygens (including phenoxy) is 1. The highest BCUT2D eigenvalue weighted by Crippen LogP contribution is 2.25. The van der Waals surface area contributed by atoms with Crippen LogP contribution in [0.4, 0.5) is 0 Å². The van der Waals surface area contributed by atoms with Crippen LogP contribution in [0.2, 0.25) is 0 Å². The molecule has 0 aliphatic carbocycles. The molecule has 1 fully saturated rings. The van der Waals surface area contributed by atoms with Crippen molar-refractivity contribution in [1.82, 2.24) is 0 Å². The number of allylic oxidation sites excluding steroid dienone is 2. The van der Waals surface area contributed by atoms with E-state index in [0.29, 0.717) is 12.3 Å². The Morgan fingerprint density at radius 1 is 1.54 bits per heavy atom. The molecule has 0 amide bonds. The fraction of sp³-hybridized carbons (Fsp3) is 0.727. The Morgan fingerprint density at radius 3 is 2.85 bits per heavy atom.